The normalized spacial score (nSPS) is 12.8. The molecule has 33 heavy (non-hydrogen) atoms. The van der Waals surface area contributed by atoms with Crippen LogP contribution < -0.4 is 10.1 Å². The van der Waals surface area contributed by atoms with Gasteiger partial charge in [-0.1, -0.05) is 69.2 Å². The molecular formula is C27H30FNO4. The second kappa shape index (κ2) is 10.9. The Morgan fingerprint density at radius 1 is 1.06 bits per heavy atom. The largest absolute Gasteiger partial charge is 0.492 e. The van der Waals surface area contributed by atoms with Crippen LogP contribution in [0.1, 0.15) is 55.5 Å². The maximum atomic E-state index is 13.5. The number of aliphatic carboxylic acids is 1. The number of carbonyl (C=O) groups is 2. The van der Waals surface area contributed by atoms with Gasteiger partial charge in [0.15, 0.2) is 0 Å². The van der Waals surface area contributed by atoms with Crippen LogP contribution in [0, 0.1) is 5.82 Å². The zero-order chi connectivity index (χ0) is 23.8. The number of rotatable bonds is 11. The molecule has 5 nitrogen and oxygen atoms in total. The van der Waals surface area contributed by atoms with E-state index in [0.29, 0.717) is 25.0 Å². The van der Waals surface area contributed by atoms with Gasteiger partial charge in [0.25, 0.3) is 5.91 Å². The highest BCUT2D eigenvalue weighted by molar-refractivity contribution is 6.05. The smallest absolute Gasteiger partial charge is 0.329 e. The fourth-order valence-electron chi connectivity index (χ4n) is 3.94. The van der Waals surface area contributed by atoms with Gasteiger partial charge in [-0.2, -0.15) is 0 Å². The highest BCUT2D eigenvalue weighted by atomic mass is 19.1. The number of hydrogen-bond donors (Lipinski definition) is 2. The van der Waals surface area contributed by atoms with Crippen molar-refractivity contribution in [3.05, 3.63) is 77.6 Å². The highest BCUT2D eigenvalue weighted by Crippen LogP contribution is 2.31. The Bertz CT molecular complexity index is 1130. The molecule has 0 radical (unpaired) electrons. The summed E-state index contributed by atoms with van der Waals surface area (Å²) >= 11 is 0. The minimum atomic E-state index is -1.34. The van der Waals surface area contributed by atoms with Crippen molar-refractivity contribution in [2.24, 2.45) is 0 Å². The number of benzene rings is 3. The number of fused-ring (bicyclic) bond motifs is 1. The molecule has 2 N–H and O–H groups in total. The van der Waals surface area contributed by atoms with Gasteiger partial charge < -0.3 is 15.2 Å². The Labute approximate surface area is 193 Å². The summed E-state index contributed by atoms with van der Waals surface area (Å²) in [6, 6.07) is 17.3. The highest BCUT2D eigenvalue weighted by Gasteiger charge is 2.38. The third kappa shape index (κ3) is 5.69. The summed E-state index contributed by atoms with van der Waals surface area (Å²) in [5.74, 6) is -1.44. The van der Waals surface area contributed by atoms with Gasteiger partial charge in [0.1, 0.15) is 17.1 Å². The van der Waals surface area contributed by atoms with Crippen LogP contribution in [0.25, 0.3) is 10.8 Å². The molecule has 0 aliphatic heterocycles. The van der Waals surface area contributed by atoms with Gasteiger partial charge in [0.05, 0.1) is 12.2 Å². The van der Waals surface area contributed by atoms with E-state index in [2.05, 4.69) is 5.32 Å². The van der Waals surface area contributed by atoms with Crippen molar-refractivity contribution < 1.29 is 23.8 Å². The van der Waals surface area contributed by atoms with Crippen molar-refractivity contribution >= 4 is 22.6 Å². The van der Waals surface area contributed by atoms with E-state index in [-0.39, 0.29) is 24.4 Å². The number of carboxylic acid groups (broad SMARTS) is 1. The van der Waals surface area contributed by atoms with E-state index in [0.717, 1.165) is 22.8 Å². The summed E-state index contributed by atoms with van der Waals surface area (Å²) in [6.07, 6.45) is 2.61. The molecule has 1 atom stereocenters. The van der Waals surface area contributed by atoms with E-state index in [1.54, 1.807) is 19.1 Å². The standard InChI is InChI=1S/C27H30FNO4/c1-3-5-16-27(4-2,26(31)32)29-25(30)23-14-13-20-10-6-7-12-22(20)24(23)33-17-15-19-9-8-11-21(28)18-19/h6-14,18H,3-5,15-17H2,1-2H3,(H,29,30)(H,31,32). The zero-order valence-corrected chi connectivity index (χ0v) is 19.1. The van der Waals surface area contributed by atoms with E-state index in [1.807, 2.05) is 43.3 Å². The van der Waals surface area contributed by atoms with E-state index in [9.17, 15) is 19.1 Å². The molecule has 0 aliphatic carbocycles. The molecule has 0 saturated carbocycles. The number of nitrogens with one attached hydrogen (secondary N) is 1. The van der Waals surface area contributed by atoms with Crippen molar-refractivity contribution in [2.75, 3.05) is 6.61 Å². The third-order valence-corrected chi connectivity index (χ3v) is 5.97. The van der Waals surface area contributed by atoms with E-state index in [4.69, 9.17) is 4.74 Å². The molecule has 3 aromatic rings. The van der Waals surface area contributed by atoms with Gasteiger partial charge >= 0.3 is 5.97 Å². The summed E-state index contributed by atoms with van der Waals surface area (Å²) in [6.45, 7) is 3.99. The maximum Gasteiger partial charge on any atom is 0.329 e. The van der Waals surface area contributed by atoms with Gasteiger partial charge in [-0.05, 0) is 42.0 Å². The average Bonchev–Trinajstić information content (AvgIpc) is 2.81. The maximum absolute atomic E-state index is 13.5. The molecule has 1 amide bonds. The number of carbonyl (C=O) groups excluding carboxylic acids is 1. The molecule has 3 aromatic carbocycles. The van der Waals surface area contributed by atoms with Crippen LogP contribution in [-0.2, 0) is 11.2 Å². The fourth-order valence-corrected chi connectivity index (χ4v) is 3.94. The molecule has 0 bridgehead atoms. The molecule has 174 valence electrons. The Balaban J connectivity index is 1.91. The second-order valence-electron chi connectivity index (χ2n) is 8.19. The molecule has 0 spiro atoms. The van der Waals surface area contributed by atoms with E-state index < -0.39 is 17.4 Å². The molecule has 1 unspecified atom stereocenters. The van der Waals surface area contributed by atoms with E-state index in [1.165, 1.54) is 12.1 Å². The molecule has 0 heterocycles. The summed E-state index contributed by atoms with van der Waals surface area (Å²) < 4.78 is 19.6. The third-order valence-electron chi connectivity index (χ3n) is 5.97. The topological polar surface area (TPSA) is 75.6 Å². The lowest BCUT2D eigenvalue weighted by Crippen LogP contribution is -2.54. The predicted octanol–water partition coefficient (Wildman–Crippen LogP) is 5.75. The molecule has 0 saturated heterocycles. The molecule has 3 rings (SSSR count). The first kappa shape index (κ1) is 24.2. The SMILES string of the molecule is CCCCC(CC)(NC(=O)c1ccc2ccccc2c1OCCc1cccc(F)c1)C(=O)O. The number of unbranched alkanes of at least 4 members (excludes halogenated alkanes) is 1. The van der Waals surface area contributed by atoms with Crippen LogP contribution in [-0.4, -0.2) is 29.1 Å². The van der Waals surface area contributed by atoms with Crippen LogP contribution in [0.5, 0.6) is 5.75 Å². The van der Waals surface area contributed by atoms with Crippen LogP contribution in [0.3, 0.4) is 0 Å². The number of ether oxygens (including phenoxy) is 1. The Morgan fingerprint density at radius 2 is 1.85 bits per heavy atom. The van der Waals surface area contributed by atoms with Gasteiger partial charge in [0, 0.05) is 11.8 Å². The first-order valence-electron chi connectivity index (χ1n) is 11.3. The van der Waals surface area contributed by atoms with Gasteiger partial charge in [-0.3, -0.25) is 4.79 Å². The second-order valence-corrected chi connectivity index (χ2v) is 8.19. The van der Waals surface area contributed by atoms with Crippen LogP contribution in [0.2, 0.25) is 0 Å². The fraction of sp³-hybridized carbons (Fsp3) is 0.333. The molecule has 0 fully saturated rings. The first-order chi connectivity index (χ1) is 15.9. The van der Waals surface area contributed by atoms with Gasteiger partial charge in [-0.15, -0.1) is 0 Å². The lowest BCUT2D eigenvalue weighted by Gasteiger charge is -2.30. The number of carboxylic acids is 1. The van der Waals surface area contributed by atoms with Crippen molar-refractivity contribution in [3.8, 4) is 5.75 Å². The van der Waals surface area contributed by atoms with Crippen molar-refractivity contribution in [2.45, 2.75) is 51.5 Å². The summed E-state index contributed by atoms with van der Waals surface area (Å²) in [5.41, 5.74) is -0.266. The quantitative estimate of drug-likeness (QED) is 0.389. The number of hydrogen-bond acceptors (Lipinski definition) is 3. The van der Waals surface area contributed by atoms with Gasteiger partial charge in [0.2, 0.25) is 0 Å². The average molecular weight is 452 g/mol. The van der Waals surface area contributed by atoms with Crippen molar-refractivity contribution in [1.82, 2.24) is 5.32 Å². The van der Waals surface area contributed by atoms with Crippen LogP contribution in [0.4, 0.5) is 4.39 Å². The Hall–Kier alpha value is -3.41. The minimum Gasteiger partial charge on any atom is -0.492 e. The summed E-state index contributed by atoms with van der Waals surface area (Å²) in [5, 5.41) is 14.3. The first-order valence-corrected chi connectivity index (χ1v) is 11.3. The molecule has 6 heteroatoms. The monoisotopic (exact) mass is 451 g/mol. The van der Waals surface area contributed by atoms with Crippen molar-refractivity contribution in [3.63, 3.8) is 0 Å². The zero-order valence-electron chi connectivity index (χ0n) is 19.1. The Morgan fingerprint density at radius 3 is 2.55 bits per heavy atom. The summed E-state index contributed by atoms with van der Waals surface area (Å²) in [4.78, 5) is 25.4. The lowest BCUT2D eigenvalue weighted by molar-refractivity contribution is -0.145. The lowest BCUT2D eigenvalue weighted by atomic mass is 9.89. The predicted molar refractivity (Wildman–Crippen MR) is 127 cm³/mol. The molecule has 0 aromatic heterocycles. The number of amides is 1. The molecule has 0 aliphatic rings. The van der Waals surface area contributed by atoms with Crippen LogP contribution >= 0.6 is 0 Å². The Kier molecular flexibility index (Phi) is 8.04. The summed E-state index contributed by atoms with van der Waals surface area (Å²) in [7, 11) is 0. The van der Waals surface area contributed by atoms with Crippen LogP contribution in [0.15, 0.2) is 60.7 Å². The van der Waals surface area contributed by atoms with Gasteiger partial charge in [-0.25, -0.2) is 9.18 Å². The number of halogens is 1. The van der Waals surface area contributed by atoms with E-state index >= 15 is 0 Å². The van der Waals surface area contributed by atoms with Crippen molar-refractivity contribution in [1.29, 1.82) is 0 Å². The molecular weight excluding hydrogens is 421 g/mol. The minimum absolute atomic E-state index is 0.241.